The highest BCUT2D eigenvalue weighted by Gasteiger charge is 2.36. The van der Waals surface area contributed by atoms with Gasteiger partial charge in [0.2, 0.25) is 5.91 Å². The molecular formula is C16H16N4O2. The molecule has 0 unspecified atom stereocenters. The lowest BCUT2D eigenvalue weighted by molar-refractivity contribution is -0.119. The Balaban J connectivity index is 1.81. The average Bonchev–Trinajstić information content (AvgIpc) is 3.01. The zero-order valence-electron chi connectivity index (χ0n) is 12.4. The zero-order chi connectivity index (χ0) is 15.9. The van der Waals surface area contributed by atoms with Crippen molar-refractivity contribution in [1.82, 2.24) is 14.7 Å². The third kappa shape index (κ3) is 2.18. The van der Waals surface area contributed by atoms with E-state index in [1.54, 1.807) is 43.0 Å². The van der Waals surface area contributed by atoms with Crippen LogP contribution in [0, 0.1) is 0 Å². The molecule has 3 rings (SSSR count). The minimum absolute atomic E-state index is 0.204. The molecule has 6 heteroatoms. The first-order valence-electron chi connectivity index (χ1n) is 6.91. The van der Waals surface area contributed by atoms with Crippen LogP contribution in [-0.2, 0) is 11.8 Å². The number of nitrogens with one attached hydrogen (secondary N) is 1. The molecule has 1 atom stereocenters. The number of fused-ring (bicyclic) bond motifs is 1. The van der Waals surface area contributed by atoms with E-state index in [1.807, 2.05) is 12.1 Å². The average molecular weight is 296 g/mol. The van der Waals surface area contributed by atoms with E-state index >= 15 is 0 Å². The van der Waals surface area contributed by atoms with Gasteiger partial charge in [0.15, 0.2) is 5.82 Å². The fourth-order valence-electron chi connectivity index (χ4n) is 2.54. The number of rotatable bonds is 3. The van der Waals surface area contributed by atoms with Gasteiger partial charge in [-0.3, -0.25) is 19.2 Å². The summed E-state index contributed by atoms with van der Waals surface area (Å²) < 4.78 is 1.59. The normalized spacial score (nSPS) is 14.9. The van der Waals surface area contributed by atoms with Gasteiger partial charge in [-0.1, -0.05) is 24.8 Å². The van der Waals surface area contributed by atoms with Crippen molar-refractivity contribution in [3.05, 3.63) is 54.2 Å². The highest BCUT2D eigenvalue weighted by molar-refractivity contribution is 6.11. The molecule has 1 N–H and O–H groups in total. The number of hydrogen-bond donors (Lipinski definition) is 1. The maximum absolute atomic E-state index is 12.5. The standard InChI is InChI=1S/C16H16N4O2/c1-10-12-6-4-5-7-13(12)16(22)20(10)11(2)15(21)17-14-8-9-19(3)18-14/h4-9,11H,1H2,2-3H3,(H,17,18,21)/t11-/m1/s1. The predicted molar refractivity (Wildman–Crippen MR) is 82.9 cm³/mol. The van der Waals surface area contributed by atoms with Crippen LogP contribution in [-0.4, -0.2) is 32.5 Å². The van der Waals surface area contributed by atoms with E-state index in [2.05, 4.69) is 17.0 Å². The fraction of sp³-hybridized carbons (Fsp3) is 0.188. The molecule has 0 saturated heterocycles. The Bertz CT molecular complexity index is 743. The summed E-state index contributed by atoms with van der Waals surface area (Å²) in [4.78, 5) is 26.3. The third-order valence-electron chi connectivity index (χ3n) is 3.71. The molecule has 22 heavy (non-hydrogen) atoms. The number of amides is 2. The topological polar surface area (TPSA) is 67.2 Å². The summed E-state index contributed by atoms with van der Waals surface area (Å²) in [6, 6.07) is 8.24. The lowest BCUT2D eigenvalue weighted by Crippen LogP contribution is -2.41. The van der Waals surface area contributed by atoms with E-state index in [-0.39, 0.29) is 11.8 Å². The fourth-order valence-corrected chi connectivity index (χ4v) is 2.54. The Morgan fingerprint density at radius 1 is 1.27 bits per heavy atom. The van der Waals surface area contributed by atoms with Crippen molar-refractivity contribution in [1.29, 1.82) is 0 Å². The molecule has 0 spiro atoms. The monoisotopic (exact) mass is 296 g/mol. The first kappa shape index (κ1) is 14.1. The Hall–Kier alpha value is -2.89. The number of benzene rings is 1. The van der Waals surface area contributed by atoms with Crippen LogP contribution in [0.3, 0.4) is 0 Å². The maximum Gasteiger partial charge on any atom is 0.259 e. The first-order valence-corrected chi connectivity index (χ1v) is 6.91. The van der Waals surface area contributed by atoms with Crippen molar-refractivity contribution in [2.75, 3.05) is 5.32 Å². The Morgan fingerprint density at radius 3 is 2.55 bits per heavy atom. The van der Waals surface area contributed by atoms with Gasteiger partial charge in [-0.05, 0) is 13.0 Å². The molecule has 0 bridgehead atoms. The van der Waals surface area contributed by atoms with E-state index in [0.717, 1.165) is 5.56 Å². The lowest BCUT2D eigenvalue weighted by Gasteiger charge is -2.24. The molecule has 0 fully saturated rings. The van der Waals surface area contributed by atoms with Crippen molar-refractivity contribution in [2.24, 2.45) is 7.05 Å². The minimum Gasteiger partial charge on any atom is -0.307 e. The van der Waals surface area contributed by atoms with Crippen LogP contribution in [0.2, 0.25) is 0 Å². The number of aromatic nitrogens is 2. The number of anilines is 1. The molecule has 1 aromatic carbocycles. The van der Waals surface area contributed by atoms with E-state index in [1.165, 1.54) is 4.90 Å². The molecule has 1 aliphatic rings. The summed E-state index contributed by atoms with van der Waals surface area (Å²) in [5, 5.41) is 6.80. The highest BCUT2D eigenvalue weighted by atomic mass is 16.2. The van der Waals surface area contributed by atoms with Gasteiger partial charge in [-0.25, -0.2) is 0 Å². The van der Waals surface area contributed by atoms with Crippen LogP contribution in [0.5, 0.6) is 0 Å². The summed E-state index contributed by atoms with van der Waals surface area (Å²) in [7, 11) is 1.77. The Labute approximate surface area is 128 Å². The van der Waals surface area contributed by atoms with Crippen molar-refractivity contribution < 1.29 is 9.59 Å². The summed E-state index contributed by atoms with van der Waals surface area (Å²) in [6.45, 7) is 5.62. The largest absolute Gasteiger partial charge is 0.307 e. The van der Waals surface area contributed by atoms with Crippen molar-refractivity contribution >= 4 is 23.3 Å². The first-order chi connectivity index (χ1) is 10.5. The van der Waals surface area contributed by atoms with Gasteiger partial charge in [0.05, 0.1) is 0 Å². The van der Waals surface area contributed by atoms with E-state index < -0.39 is 6.04 Å². The SMILES string of the molecule is C=C1c2ccccc2C(=O)N1[C@H](C)C(=O)Nc1ccn(C)n1. The molecule has 2 amide bonds. The van der Waals surface area contributed by atoms with Crippen molar-refractivity contribution in [2.45, 2.75) is 13.0 Å². The second-order valence-electron chi connectivity index (χ2n) is 5.21. The van der Waals surface area contributed by atoms with Gasteiger partial charge < -0.3 is 5.32 Å². The molecule has 2 heterocycles. The molecule has 2 aromatic rings. The number of aryl methyl sites for hydroxylation is 1. The Morgan fingerprint density at radius 2 is 1.95 bits per heavy atom. The molecule has 6 nitrogen and oxygen atoms in total. The molecule has 0 saturated carbocycles. The highest BCUT2D eigenvalue weighted by Crippen LogP contribution is 2.33. The van der Waals surface area contributed by atoms with Crippen LogP contribution in [0.4, 0.5) is 5.82 Å². The molecule has 1 aliphatic heterocycles. The molecule has 0 radical (unpaired) electrons. The van der Waals surface area contributed by atoms with Gasteiger partial charge in [-0.2, -0.15) is 5.10 Å². The van der Waals surface area contributed by atoms with Crippen LogP contribution in [0.1, 0.15) is 22.8 Å². The van der Waals surface area contributed by atoms with E-state index in [9.17, 15) is 9.59 Å². The van der Waals surface area contributed by atoms with Gasteiger partial charge in [0.25, 0.3) is 5.91 Å². The van der Waals surface area contributed by atoms with Crippen LogP contribution in [0.25, 0.3) is 5.70 Å². The number of carbonyl (C=O) groups is 2. The van der Waals surface area contributed by atoms with Crippen LogP contribution in [0.15, 0.2) is 43.1 Å². The second kappa shape index (κ2) is 5.14. The molecule has 112 valence electrons. The van der Waals surface area contributed by atoms with Crippen LogP contribution < -0.4 is 5.32 Å². The summed E-state index contributed by atoms with van der Waals surface area (Å²) in [5.41, 5.74) is 1.89. The molecular weight excluding hydrogens is 280 g/mol. The molecule has 0 aliphatic carbocycles. The van der Waals surface area contributed by atoms with Gasteiger partial charge >= 0.3 is 0 Å². The summed E-state index contributed by atoms with van der Waals surface area (Å²) >= 11 is 0. The maximum atomic E-state index is 12.5. The third-order valence-corrected chi connectivity index (χ3v) is 3.71. The molecule has 1 aromatic heterocycles. The Kier molecular flexibility index (Phi) is 3.29. The second-order valence-corrected chi connectivity index (χ2v) is 5.21. The smallest absolute Gasteiger partial charge is 0.259 e. The summed E-state index contributed by atoms with van der Waals surface area (Å²) in [5.74, 6) is -0.0561. The van der Waals surface area contributed by atoms with Gasteiger partial charge in [0.1, 0.15) is 6.04 Å². The van der Waals surface area contributed by atoms with Gasteiger partial charge in [0, 0.05) is 36.1 Å². The number of hydrogen-bond acceptors (Lipinski definition) is 3. The predicted octanol–water partition coefficient (Wildman–Crippen LogP) is 1.87. The van der Waals surface area contributed by atoms with E-state index in [0.29, 0.717) is 17.1 Å². The number of nitrogens with zero attached hydrogens (tertiary/aromatic N) is 3. The van der Waals surface area contributed by atoms with Crippen LogP contribution >= 0.6 is 0 Å². The van der Waals surface area contributed by atoms with E-state index in [4.69, 9.17) is 0 Å². The van der Waals surface area contributed by atoms with Crippen molar-refractivity contribution in [3.63, 3.8) is 0 Å². The van der Waals surface area contributed by atoms with Gasteiger partial charge in [-0.15, -0.1) is 0 Å². The minimum atomic E-state index is -0.672. The van der Waals surface area contributed by atoms with Crippen molar-refractivity contribution in [3.8, 4) is 0 Å². The quantitative estimate of drug-likeness (QED) is 0.940. The zero-order valence-corrected chi connectivity index (χ0v) is 12.4. The lowest BCUT2D eigenvalue weighted by atomic mass is 10.1. The number of carbonyl (C=O) groups excluding carboxylic acids is 2. The summed E-state index contributed by atoms with van der Waals surface area (Å²) in [6.07, 6.45) is 1.73.